The topological polar surface area (TPSA) is 21.3 Å². The van der Waals surface area contributed by atoms with Crippen molar-refractivity contribution < 1.29 is 4.74 Å². The molecule has 0 radical (unpaired) electrons. The fourth-order valence-electron chi connectivity index (χ4n) is 2.60. The summed E-state index contributed by atoms with van der Waals surface area (Å²) in [6.07, 6.45) is 0. The second-order valence-corrected chi connectivity index (χ2v) is 7.00. The third-order valence-electron chi connectivity index (χ3n) is 3.68. The van der Waals surface area contributed by atoms with Gasteiger partial charge in [-0.2, -0.15) is 0 Å². The van der Waals surface area contributed by atoms with Crippen LogP contribution in [0, 0.1) is 0 Å². The van der Waals surface area contributed by atoms with Crippen molar-refractivity contribution in [1.29, 1.82) is 0 Å². The largest absolute Gasteiger partial charge is 0.491 e. The van der Waals surface area contributed by atoms with E-state index in [1.54, 1.807) is 11.3 Å². The standard InChI is InChI=1S/C17H15NOS2/c1-2-5-16-14(4-1)15(10-19-16)18-9-13-8-12(11-21-13)17-6-3-7-20-17/h1-8,11,15,18H,9-10H2. The van der Waals surface area contributed by atoms with Crippen LogP contribution in [-0.2, 0) is 6.54 Å². The highest BCUT2D eigenvalue weighted by molar-refractivity contribution is 7.14. The Hall–Kier alpha value is -1.62. The highest BCUT2D eigenvalue weighted by atomic mass is 32.1. The molecule has 4 rings (SSSR count). The number of rotatable bonds is 4. The fourth-order valence-corrected chi connectivity index (χ4v) is 4.23. The average Bonchev–Trinajstić information content (AvgIpc) is 3.25. The molecule has 0 saturated heterocycles. The van der Waals surface area contributed by atoms with E-state index in [1.807, 2.05) is 23.5 Å². The number of fused-ring (bicyclic) bond motifs is 1. The van der Waals surface area contributed by atoms with Crippen LogP contribution in [0.15, 0.2) is 53.2 Å². The van der Waals surface area contributed by atoms with E-state index in [4.69, 9.17) is 4.74 Å². The molecule has 106 valence electrons. The van der Waals surface area contributed by atoms with Crippen LogP contribution < -0.4 is 10.1 Å². The summed E-state index contributed by atoms with van der Waals surface area (Å²) in [6.45, 7) is 1.61. The van der Waals surface area contributed by atoms with Gasteiger partial charge in [-0.25, -0.2) is 0 Å². The van der Waals surface area contributed by atoms with Crippen molar-refractivity contribution >= 4 is 22.7 Å². The van der Waals surface area contributed by atoms with E-state index in [0.717, 1.165) is 18.9 Å². The predicted molar refractivity (Wildman–Crippen MR) is 89.1 cm³/mol. The number of benzene rings is 1. The summed E-state index contributed by atoms with van der Waals surface area (Å²) in [5, 5.41) is 7.96. The number of nitrogens with one attached hydrogen (secondary N) is 1. The van der Waals surface area contributed by atoms with Gasteiger partial charge in [-0.05, 0) is 29.0 Å². The molecule has 0 fully saturated rings. The minimum absolute atomic E-state index is 0.300. The monoisotopic (exact) mass is 313 g/mol. The Kier molecular flexibility index (Phi) is 3.51. The molecule has 2 aromatic heterocycles. The van der Waals surface area contributed by atoms with Gasteiger partial charge in [0.1, 0.15) is 12.4 Å². The molecular formula is C17H15NOS2. The first kappa shape index (κ1) is 13.1. The van der Waals surface area contributed by atoms with Gasteiger partial charge in [0.15, 0.2) is 0 Å². The lowest BCUT2D eigenvalue weighted by molar-refractivity contribution is 0.311. The Morgan fingerprint density at radius 2 is 2.10 bits per heavy atom. The highest BCUT2D eigenvalue weighted by Crippen LogP contribution is 2.33. The zero-order valence-electron chi connectivity index (χ0n) is 11.4. The molecule has 0 amide bonds. The molecule has 1 unspecified atom stereocenters. The molecule has 1 aliphatic rings. The van der Waals surface area contributed by atoms with E-state index >= 15 is 0 Å². The van der Waals surface area contributed by atoms with Gasteiger partial charge in [0.05, 0.1) is 6.04 Å². The third kappa shape index (κ3) is 2.62. The van der Waals surface area contributed by atoms with Gasteiger partial charge >= 0.3 is 0 Å². The van der Waals surface area contributed by atoms with Crippen molar-refractivity contribution in [2.24, 2.45) is 0 Å². The quantitative estimate of drug-likeness (QED) is 0.754. The van der Waals surface area contributed by atoms with Crippen molar-refractivity contribution in [3.05, 3.63) is 63.7 Å². The Morgan fingerprint density at radius 1 is 1.14 bits per heavy atom. The Morgan fingerprint density at radius 3 is 3.00 bits per heavy atom. The number of thiophene rings is 2. The maximum absolute atomic E-state index is 5.71. The van der Waals surface area contributed by atoms with E-state index in [2.05, 4.69) is 46.4 Å². The van der Waals surface area contributed by atoms with Crippen LogP contribution in [0.2, 0.25) is 0 Å². The molecule has 1 aliphatic heterocycles. The Bertz CT molecular complexity index is 733. The molecule has 0 aliphatic carbocycles. The molecule has 1 N–H and O–H groups in total. The predicted octanol–water partition coefficient (Wildman–Crippen LogP) is 4.70. The number of hydrogen-bond acceptors (Lipinski definition) is 4. The molecule has 4 heteroatoms. The van der Waals surface area contributed by atoms with Crippen LogP contribution >= 0.6 is 22.7 Å². The summed E-state index contributed by atoms with van der Waals surface area (Å²) < 4.78 is 5.71. The van der Waals surface area contributed by atoms with Gasteiger partial charge in [-0.3, -0.25) is 0 Å². The normalized spacial score (nSPS) is 16.7. The molecule has 0 spiro atoms. The van der Waals surface area contributed by atoms with Crippen LogP contribution in [-0.4, -0.2) is 6.61 Å². The lowest BCUT2D eigenvalue weighted by Gasteiger charge is -2.10. The van der Waals surface area contributed by atoms with E-state index in [0.29, 0.717) is 6.04 Å². The van der Waals surface area contributed by atoms with E-state index in [-0.39, 0.29) is 0 Å². The molecule has 0 bridgehead atoms. The zero-order chi connectivity index (χ0) is 14.1. The molecular weight excluding hydrogens is 298 g/mol. The van der Waals surface area contributed by atoms with Gasteiger partial charge < -0.3 is 10.1 Å². The Balaban J connectivity index is 1.44. The molecule has 3 aromatic rings. The van der Waals surface area contributed by atoms with Gasteiger partial charge in [0, 0.05) is 27.4 Å². The van der Waals surface area contributed by atoms with Crippen LogP contribution in [0.1, 0.15) is 16.5 Å². The first-order valence-electron chi connectivity index (χ1n) is 6.96. The molecule has 2 nitrogen and oxygen atoms in total. The summed E-state index contributed by atoms with van der Waals surface area (Å²) in [4.78, 5) is 2.70. The van der Waals surface area contributed by atoms with Crippen LogP contribution in [0.5, 0.6) is 5.75 Å². The minimum Gasteiger partial charge on any atom is -0.491 e. The fraction of sp³-hybridized carbons (Fsp3) is 0.176. The van der Waals surface area contributed by atoms with Crippen molar-refractivity contribution in [2.75, 3.05) is 6.61 Å². The summed E-state index contributed by atoms with van der Waals surface area (Å²) in [7, 11) is 0. The second-order valence-electron chi connectivity index (χ2n) is 5.06. The summed E-state index contributed by atoms with van der Waals surface area (Å²) >= 11 is 3.61. The van der Waals surface area contributed by atoms with Gasteiger partial charge in [0.2, 0.25) is 0 Å². The van der Waals surface area contributed by atoms with E-state index in [1.165, 1.54) is 20.9 Å². The van der Waals surface area contributed by atoms with Gasteiger partial charge in [-0.15, -0.1) is 22.7 Å². The van der Waals surface area contributed by atoms with E-state index in [9.17, 15) is 0 Å². The Labute approximate surface area is 132 Å². The van der Waals surface area contributed by atoms with Crippen molar-refractivity contribution in [3.63, 3.8) is 0 Å². The van der Waals surface area contributed by atoms with Crippen LogP contribution in [0.25, 0.3) is 10.4 Å². The van der Waals surface area contributed by atoms with Gasteiger partial charge in [0.25, 0.3) is 0 Å². The highest BCUT2D eigenvalue weighted by Gasteiger charge is 2.22. The lowest BCUT2D eigenvalue weighted by atomic mass is 10.1. The summed E-state index contributed by atoms with van der Waals surface area (Å²) in [5.41, 5.74) is 2.60. The van der Waals surface area contributed by atoms with Gasteiger partial charge in [-0.1, -0.05) is 24.3 Å². The van der Waals surface area contributed by atoms with Crippen molar-refractivity contribution in [1.82, 2.24) is 5.32 Å². The SMILES string of the molecule is c1csc(-c2csc(CNC3COc4ccccc43)c2)c1. The third-order valence-corrected chi connectivity index (χ3v) is 5.54. The minimum atomic E-state index is 0.300. The molecule has 0 saturated carbocycles. The zero-order valence-corrected chi connectivity index (χ0v) is 13.0. The molecule has 1 atom stereocenters. The maximum atomic E-state index is 5.71. The van der Waals surface area contributed by atoms with E-state index < -0.39 is 0 Å². The van der Waals surface area contributed by atoms with Crippen LogP contribution in [0.4, 0.5) is 0 Å². The lowest BCUT2D eigenvalue weighted by Crippen LogP contribution is -2.21. The number of ether oxygens (including phenoxy) is 1. The number of hydrogen-bond donors (Lipinski definition) is 1. The summed E-state index contributed by atoms with van der Waals surface area (Å²) in [6, 6.07) is 15.1. The van der Waals surface area contributed by atoms with Crippen molar-refractivity contribution in [3.8, 4) is 16.2 Å². The number of para-hydroxylation sites is 1. The summed E-state index contributed by atoms with van der Waals surface area (Å²) in [5.74, 6) is 1.01. The second kappa shape index (κ2) is 5.64. The molecule has 21 heavy (non-hydrogen) atoms. The molecule has 1 aromatic carbocycles. The maximum Gasteiger partial charge on any atom is 0.124 e. The molecule has 3 heterocycles. The smallest absolute Gasteiger partial charge is 0.124 e. The average molecular weight is 313 g/mol. The first-order chi connectivity index (χ1) is 10.4. The van der Waals surface area contributed by atoms with Crippen LogP contribution in [0.3, 0.4) is 0 Å². The van der Waals surface area contributed by atoms with Crippen molar-refractivity contribution in [2.45, 2.75) is 12.6 Å². The first-order valence-corrected chi connectivity index (χ1v) is 8.72.